The summed E-state index contributed by atoms with van der Waals surface area (Å²) in [6.07, 6.45) is -1.08. The Morgan fingerprint density at radius 2 is 1.64 bits per heavy atom. The van der Waals surface area contributed by atoms with Gasteiger partial charge in [0.25, 0.3) is 0 Å². The molecule has 0 bridgehead atoms. The van der Waals surface area contributed by atoms with Crippen molar-refractivity contribution in [3.8, 4) is 11.5 Å². The fourth-order valence-electron chi connectivity index (χ4n) is 3.91. The van der Waals surface area contributed by atoms with Crippen LogP contribution in [-0.4, -0.2) is 61.6 Å². The van der Waals surface area contributed by atoms with Gasteiger partial charge in [-0.25, -0.2) is 9.78 Å². The van der Waals surface area contributed by atoms with Crippen LogP contribution in [0.2, 0.25) is 0 Å². The van der Waals surface area contributed by atoms with Gasteiger partial charge in [-0.2, -0.15) is 13.2 Å². The van der Waals surface area contributed by atoms with E-state index in [2.05, 4.69) is 19.8 Å². The third kappa shape index (κ3) is 5.40. The molecule has 7 nitrogen and oxygen atoms in total. The first-order valence-corrected chi connectivity index (χ1v) is 10.5. The lowest BCUT2D eigenvalue weighted by molar-refractivity contribution is -0.137. The fourth-order valence-corrected chi connectivity index (χ4v) is 3.91. The van der Waals surface area contributed by atoms with Gasteiger partial charge in [0.15, 0.2) is 5.82 Å². The highest BCUT2D eigenvalue weighted by molar-refractivity contribution is 5.88. The summed E-state index contributed by atoms with van der Waals surface area (Å²) in [6, 6.07) is 8.30. The molecule has 1 fully saturated rings. The monoisotopic (exact) mass is 459 g/mol. The number of aromatic nitrogens is 3. The number of carboxylic acid groups (broad SMARTS) is 1. The lowest BCUT2D eigenvalue weighted by Gasteiger charge is -2.34. The maximum absolute atomic E-state index is 12.7. The molecule has 4 rings (SSSR count). The van der Waals surface area contributed by atoms with Crippen LogP contribution in [0.3, 0.4) is 0 Å². The maximum atomic E-state index is 12.7. The molecule has 0 atom stereocenters. The van der Waals surface area contributed by atoms with E-state index in [4.69, 9.17) is 0 Å². The Balaban J connectivity index is 1.33. The SMILES string of the molecule is Cn1c(CN2CCN(Cc3ccc(C(F)(F)F)cc3)CC2)cnc1-c1cc(C(=O)O)ccn1. The average Bonchev–Trinajstić information content (AvgIpc) is 3.15. The molecule has 0 saturated carbocycles. The van der Waals surface area contributed by atoms with E-state index in [0.29, 0.717) is 24.6 Å². The number of halogens is 3. The first kappa shape index (κ1) is 22.9. The van der Waals surface area contributed by atoms with Crippen molar-refractivity contribution < 1.29 is 23.1 Å². The molecule has 1 N–H and O–H groups in total. The molecule has 174 valence electrons. The molecule has 1 saturated heterocycles. The topological polar surface area (TPSA) is 74.5 Å². The number of pyridine rings is 1. The minimum atomic E-state index is -4.31. The van der Waals surface area contributed by atoms with Gasteiger partial charge in [-0.05, 0) is 29.8 Å². The van der Waals surface area contributed by atoms with Crippen molar-refractivity contribution in [3.05, 3.63) is 71.2 Å². The zero-order chi connectivity index (χ0) is 23.6. The second kappa shape index (κ2) is 9.32. The molecule has 10 heteroatoms. The van der Waals surface area contributed by atoms with Crippen LogP contribution < -0.4 is 0 Å². The van der Waals surface area contributed by atoms with Crippen molar-refractivity contribution in [1.82, 2.24) is 24.3 Å². The summed E-state index contributed by atoms with van der Waals surface area (Å²) in [5, 5.41) is 9.20. The summed E-state index contributed by atoms with van der Waals surface area (Å²) in [5.41, 5.74) is 1.89. The number of aromatic carboxylic acids is 1. The zero-order valence-electron chi connectivity index (χ0n) is 18.1. The highest BCUT2D eigenvalue weighted by Gasteiger charge is 2.30. The fraction of sp³-hybridized carbons (Fsp3) is 0.348. The molecule has 1 aliphatic rings. The van der Waals surface area contributed by atoms with Crippen LogP contribution in [0.5, 0.6) is 0 Å². The van der Waals surface area contributed by atoms with E-state index in [1.54, 1.807) is 18.3 Å². The number of nitrogens with zero attached hydrogens (tertiary/aromatic N) is 5. The van der Waals surface area contributed by atoms with Crippen LogP contribution in [-0.2, 0) is 26.3 Å². The van der Waals surface area contributed by atoms with E-state index < -0.39 is 17.7 Å². The molecule has 3 heterocycles. The van der Waals surface area contributed by atoms with Crippen LogP contribution in [0.15, 0.2) is 48.8 Å². The Morgan fingerprint density at radius 1 is 1.00 bits per heavy atom. The third-order valence-electron chi connectivity index (χ3n) is 5.86. The number of benzene rings is 1. The summed E-state index contributed by atoms with van der Waals surface area (Å²) in [7, 11) is 1.88. The second-order valence-corrected chi connectivity index (χ2v) is 8.11. The molecular formula is C23H24F3N5O2. The van der Waals surface area contributed by atoms with Crippen molar-refractivity contribution in [1.29, 1.82) is 0 Å². The highest BCUT2D eigenvalue weighted by Crippen LogP contribution is 2.29. The molecular weight excluding hydrogens is 435 g/mol. The lowest BCUT2D eigenvalue weighted by Crippen LogP contribution is -2.45. The number of imidazole rings is 1. The zero-order valence-corrected chi connectivity index (χ0v) is 18.1. The van der Waals surface area contributed by atoms with Gasteiger partial charge in [-0.1, -0.05) is 12.1 Å². The van der Waals surface area contributed by atoms with Gasteiger partial charge in [0, 0.05) is 52.5 Å². The van der Waals surface area contributed by atoms with E-state index in [0.717, 1.165) is 49.6 Å². The Hall–Kier alpha value is -3.24. The van der Waals surface area contributed by atoms with E-state index in [1.807, 2.05) is 11.6 Å². The Kier molecular flexibility index (Phi) is 6.48. The van der Waals surface area contributed by atoms with Crippen LogP contribution in [0.4, 0.5) is 13.2 Å². The summed E-state index contributed by atoms with van der Waals surface area (Å²) >= 11 is 0. The van der Waals surface area contributed by atoms with Crippen molar-refractivity contribution in [2.45, 2.75) is 19.3 Å². The number of hydrogen-bond acceptors (Lipinski definition) is 5. The summed E-state index contributed by atoms with van der Waals surface area (Å²) in [6.45, 7) is 4.59. The van der Waals surface area contributed by atoms with Crippen LogP contribution >= 0.6 is 0 Å². The van der Waals surface area contributed by atoms with Gasteiger partial charge < -0.3 is 9.67 Å². The highest BCUT2D eigenvalue weighted by atomic mass is 19.4. The molecule has 0 radical (unpaired) electrons. The summed E-state index contributed by atoms with van der Waals surface area (Å²) < 4.78 is 40.1. The first-order chi connectivity index (χ1) is 15.7. The minimum absolute atomic E-state index is 0.161. The van der Waals surface area contributed by atoms with Gasteiger partial charge in [0.2, 0.25) is 0 Å². The van der Waals surface area contributed by atoms with Crippen LogP contribution in [0, 0.1) is 0 Å². The molecule has 33 heavy (non-hydrogen) atoms. The smallest absolute Gasteiger partial charge is 0.416 e. The third-order valence-corrected chi connectivity index (χ3v) is 5.86. The summed E-state index contributed by atoms with van der Waals surface area (Å²) in [4.78, 5) is 24.4. The van der Waals surface area contributed by atoms with Gasteiger partial charge in [-0.15, -0.1) is 0 Å². The van der Waals surface area contributed by atoms with Gasteiger partial charge >= 0.3 is 12.1 Å². The van der Waals surface area contributed by atoms with Crippen LogP contribution in [0.25, 0.3) is 11.5 Å². The number of carbonyl (C=O) groups is 1. The van der Waals surface area contributed by atoms with Crippen LogP contribution in [0.1, 0.15) is 27.2 Å². The second-order valence-electron chi connectivity index (χ2n) is 8.11. The average molecular weight is 459 g/mol. The molecule has 0 amide bonds. The van der Waals surface area contributed by atoms with E-state index in [1.165, 1.54) is 18.3 Å². The minimum Gasteiger partial charge on any atom is -0.478 e. The lowest BCUT2D eigenvalue weighted by atomic mass is 10.1. The van der Waals surface area contributed by atoms with E-state index in [-0.39, 0.29) is 5.56 Å². The number of rotatable bonds is 6. The summed E-state index contributed by atoms with van der Waals surface area (Å²) in [5.74, 6) is -0.406. The Labute approximate surface area is 189 Å². The largest absolute Gasteiger partial charge is 0.478 e. The van der Waals surface area contributed by atoms with Crippen molar-refractivity contribution in [2.75, 3.05) is 26.2 Å². The molecule has 2 aromatic heterocycles. The van der Waals surface area contributed by atoms with Crippen molar-refractivity contribution >= 4 is 5.97 Å². The number of hydrogen-bond donors (Lipinski definition) is 1. The number of alkyl halides is 3. The van der Waals surface area contributed by atoms with Gasteiger partial charge in [0.1, 0.15) is 5.69 Å². The maximum Gasteiger partial charge on any atom is 0.416 e. The molecule has 0 spiro atoms. The Bertz CT molecular complexity index is 1120. The quantitative estimate of drug-likeness (QED) is 0.608. The van der Waals surface area contributed by atoms with Crippen molar-refractivity contribution in [3.63, 3.8) is 0 Å². The molecule has 1 aromatic carbocycles. The molecule has 0 unspecified atom stereocenters. The normalized spacial score (nSPS) is 15.6. The molecule has 0 aliphatic carbocycles. The Morgan fingerprint density at radius 3 is 2.24 bits per heavy atom. The first-order valence-electron chi connectivity index (χ1n) is 10.5. The van der Waals surface area contributed by atoms with E-state index in [9.17, 15) is 23.1 Å². The predicted molar refractivity (Wildman–Crippen MR) is 115 cm³/mol. The molecule has 1 aliphatic heterocycles. The van der Waals surface area contributed by atoms with E-state index >= 15 is 0 Å². The predicted octanol–water partition coefficient (Wildman–Crippen LogP) is 3.52. The standard InChI is InChI=1S/C23H24F3N5O2/c1-29-19(13-28-21(29)20-12-17(22(32)33)6-7-27-20)15-31-10-8-30(9-11-31)14-16-2-4-18(5-3-16)23(24,25)26/h2-7,12-13H,8-11,14-15H2,1H3,(H,32,33). The number of piperazine rings is 1. The number of carboxylic acids is 1. The van der Waals surface area contributed by atoms with Gasteiger partial charge in [-0.3, -0.25) is 14.8 Å². The van der Waals surface area contributed by atoms with Gasteiger partial charge in [0.05, 0.1) is 23.0 Å². The van der Waals surface area contributed by atoms with Crippen molar-refractivity contribution in [2.24, 2.45) is 7.05 Å². The molecule has 3 aromatic rings.